The summed E-state index contributed by atoms with van der Waals surface area (Å²) in [6, 6.07) is 75.2. The van der Waals surface area contributed by atoms with Crippen LogP contribution in [-0.4, -0.2) is 0 Å². The summed E-state index contributed by atoms with van der Waals surface area (Å²) in [6.45, 7) is 0. The Kier molecular flexibility index (Phi) is 6.75. The van der Waals surface area contributed by atoms with Gasteiger partial charge in [-0.1, -0.05) is 152 Å². The van der Waals surface area contributed by atoms with E-state index in [4.69, 9.17) is 0 Å². The van der Waals surface area contributed by atoms with Gasteiger partial charge in [0.2, 0.25) is 0 Å². The number of fused-ring (bicyclic) bond motifs is 9. The summed E-state index contributed by atoms with van der Waals surface area (Å²) in [5, 5.41) is 0. The van der Waals surface area contributed by atoms with Gasteiger partial charge in [0.1, 0.15) is 0 Å². The highest BCUT2D eigenvalue weighted by Crippen LogP contribution is 2.65. The van der Waals surface area contributed by atoms with Gasteiger partial charge in [0, 0.05) is 22.6 Å². The van der Waals surface area contributed by atoms with Crippen molar-refractivity contribution in [1.82, 2.24) is 0 Å². The Balaban J connectivity index is 1.29. The lowest BCUT2D eigenvalue weighted by atomic mass is 9.64. The molecule has 8 aromatic rings. The standard InChI is InChI=1S/C49H34N2/c1-4-17-35(18-5-1)36-31-33-39(34-32-36)50(37-19-6-2-7-20-37)47-30-16-24-41-40-23-10-11-25-42(40)49(48(41)47)43-26-12-14-28-45(43)51(38-21-8-3-9-22-38)46-29-15-13-27-44(46)49/h1-34H. The highest BCUT2D eigenvalue weighted by Gasteiger charge is 2.53. The van der Waals surface area contributed by atoms with Gasteiger partial charge in [-0.15, -0.1) is 0 Å². The van der Waals surface area contributed by atoms with E-state index in [9.17, 15) is 0 Å². The van der Waals surface area contributed by atoms with E-state index < -0.39 is 5.41 Å². The van der Waals surface area contributed by atoms with Crippen LogP contribution in [0.15, 0.2) is 206 Å². The number of hydrogen-bond acceptors (Lipinski definition) is 2. The van der Waals surface area contributed by atoms with Crippen LogP contribution in [0, 0.1) is 0 Å². The maximum absolute atomic E-state index is 2.45. The molecule has 2 heteroatoms. The number of benzene rings is 8. The lowest BCUT2D eigenvalue weighted by molar-refractivity contribution is 0.752. The molecule has 1 heterocycles. The van der Waals surface area contributed by atoms with E-state index in [2.05, 4.69) is 216 Å². The van der Waals surface area contributed by atoms with Crippen molar-refractivity contribution in [1.29, 1.82) is 0 Å². The molecule has 0 fully saturated rings. The second-order valence-electron chi connectivity index (χ2n) is 13.3. The van der Waals surface area contributed by atoms with Gasteiger partial charge in [-0.3, -0.25) is 0 Å². The molecule has 1 spiro atoms. The molecule has 0 saturated carbocycles. The van der Waals surface area contributed by atoms with Gasteiger partial charge in [-0.2, -0.15) is 0 Å². The van der Waals surface area contributed by atoms with Crippen molar-refractivity contribution in [2.45, 2.75) is 5.41 Å². The minimum Gasteiger partial charge on any atom is -0.310 e. The van der Waals surface area contributed by atoms with Crippen molar-refractivity contribution in [2.75, 3.05) is 9.80 Å². The first-order valence-electron chi connectivity index (χ1n) is 17.6. The minimum atomic E-state index is -0.571. The maximum Gasteiger partial charge on any atom is 0.0774 e. The number of rotatable bonds is 5. The number of anilines is 6. The van der Waals surface area contributed by atoms with Crippen LogP contribution in [0.5, 0.6) is 0 Å². The predicted molar refractivity (Wildman–Crippen MR) is 212 cm³/mol. The van der Waals surface area contributed by atoms with Crippen molar-refractivity contribution >= 4 is 34.1 Å². The SMILES string of the molecule is c1ccc(-c2ccc(N(c3ccccc3)c3cccc4c3C3(c5ccccc5-4)c4ccccc4N(c4ccccc4)c4ccccc43)cc2)cc1. The van der Waals surface area contributed by atoms with E-state index in [0.29, 0.717) is 0 Å². The number of nitrogens with zero attached hydrogens (tertiary/aromatic N) is 2. The van der Waals surface area contributed by atoms with Crippen molar-refractivity contribution in [3.8, 4) is 22.3 Å². The number of hydrogen-bond donors (Lipinski definition) is 0. The highest BCUT2D eigenvalue weighted by molar-refractivity contribution is 5.99. The van der Waals surface area contributed by atoms with Crippen LogP contribution in [0.3, 0.4) is 0 Å². The van der Waals surface area contributed by atoms with E-state index in [1.807, 2.05) is 0 Å². The summed E-state index contributed by atoms with van der Waals surface area (Å²) < 4.78 is 0. The predicted octanol–water partition coefficient (Wildman–Crippen LogP) is 13.0. The van der Waals surface area contributed by atoms with Gasteiger partial charge in [0.15, 0.2) is 0 Å². The summed E-state index contributed by atoms with van der Waals surface area (Å²) in [5.74, 6) is 0. The molecule has 2 nitrogen and oxygen atoms in total. The van der Waals surface area contributed by atoms with E-state index in [1.165, 1.54) is 61.6 Å². The molecular formula is C49H34N2. The molecule has 240 valence electrons. The molecule has 1 aliphatic carbocycles. The zero-order valence-corrected chi connectivity index (χ0v) is 28.0. The molecular weight excluding hydrogens is 617 g/mol. The Morgan fingerprint density at radius 1 is 0.353 bits per heavy atom. The van der Waals surface area contributed by atoms with Crippen LogP contribution in [0.1, 0.15) is 22.3 Å². The summed E-state index contributed by atoms with van der Waals surface area (Å²) in [7, 11) is 0. The number of para-hydroxylation sites is 4. The van der Waals surface area contributed by atoms with E-state index in [1.54, 1.807) is 0 Å². The van der Waals surface area contributed by atoms with E-state index >= 15 is 0 Å². The molecule has 10 rings (SSSR count). The zero-order chi connectivity index (χ0) is 33.8. The molecule has 0 saturated heterocycles. The molecule has 1 aliphatic heterocycles. The molecule has 2 aliphatic rings. The molecule has 51 heavy (non-hydrogen) atoms. The van der Waals surface area contributed by atoms with Crippen LogP contribution < -0.4 is 9.80 Å². The second-order valence-corrected chi connectivity index (χ2v) is 13.3. The van der Waals surface area contributed by atoms with Gasteiger partial charge < -0.3 is 9.80 Å². The molecule has 0 radical (unpaired) electrons. The first kappa shape index (κ1) is 29.3. The zero-order valence-electron chi connectivity index (χ0n) is 28.0. The Labute approximate surface area is 299 Å². The Morgan fingerprint density at radius 2 is 0.843 bits per heavy atom. The third kappa shape index (κ3) is 4.36. The summed E-state index contributed by atoms with van der Waals surface area (Å²) in [4.78, 5) is 4.90. The molecule has 0 N–H and O–H groups in total. The topological polar surface area (TPSA) is 6.48 Å². The van der Waals surface area contributed by atoms with Crippen molar-refractivity contribution in [2.24, 2.45) is 0 Å². The van der Waals surface area contributed by atoms with Crippen molar-refractivity contribution in [3.63, 3.8) is 0 Å². The maximum atomic E-state index is 2.45. The summed E-state index contributed by atoms with van der Waals surface area (Å²) in [5.41, 5.74) is 16.5. The fraction of sp³-hybridized carbons (Fsp3) is 0.0204. The van der Waals surface area contributed by atoms with Crippen molar-refractivity contribution < 1.29 is 0 Å². The largest absolute Gasteiger partial charge is 0.310 e. The summed E-state index contributed by atoms with van der Waals surface area (Å²) in [6.07, 6.45) is 0. The van der Waals surface area contributed by atoms with Gasteiger partial charge in [0.25, 0.3) is 0 Å². The Hall–Kier alpha value is -6.64. The van der Waals surface area contributed by atoms with E-state index in [-0.39, 0.29) is 0 Å². The first-order valence-corrected chi connectivity index (χ1v) is 17.6. The van der Waals surface area contributed by atoms with Gasteiger partial charge in [-0.25, -0.2) is 0 Å². The van der Waals surface area contributed by atoms with Crippen LogP contribution in [0.25, 0.3) is 22.3 Å². The van der Waals surface area contributed by atoms with Gasteiger partial charge in [0.05, 0.1) is 22.5 Å². The van der Waals surface area contributed by atoms with Gasteiger partial charge >= 0.3 is 0 Å². The third-order valence-electron chi connectivity index (χ3n) is 10.6. The van der Waals surface area contributed by atoms with Crippen LogP contribution in [-0.2, 0) is 5.41 Å². The van der Waals surface area contributed by atoms with E-state index in [0.717, 1.165) is 17.1 Å². The minimum absolute atomic E-state index is 0.571. The molecule has 0 amide bonds. The lowest BCUT2D eigenvalue weighted by Gasteiger charge is -2.46. The van der Waals surface area contributed by atoms with Crippen molar-refractivity contribution in [3.05, 3.63) is 229 Å². The average molecular weight is 651 g/mol. The van der Waals surface area contributed by atoms with Crippen LogP contribution in [0.2, 0.25) is 0 Å². The Morgan fingerprint density at radius 3 is 1.51 bits per heavy atom. The average Bonchev–Trinajstić information content (AvgIpc) is 3.51. The molecule has 8 aromatic carbocycles. The van der Waals surface area contributed by atoms with Crippen LogP contribution in [0.4, 0.5) is 34.1 Å². The molecule has 0 bridgehead atoms. The second kappa shape index (κ2) is 11.8. The van der Waals surface area contributed by atoms with Crippen LogP contribution >= 0.6 is 0 Å². The van der Waals surface area contributed by atoms with Gasteiger partial charge in [-0.05, 0) is 93.5 Å². The normalized spacial score (nSPS) is 13.2. The summed E-state index contributed by atoms with van der Waals surface area (Å²) >= 11 is 0. The molecule has 0 aromatic heterocycles. The fourth-order valence-corrected chi connectivity index (χ4v) is 8.62. The highest BCUT2D eigenvalue weighted by atomic mass is 15.2. The molecule has 0 unspecified atom stereocenters. The quantitative estimate of drug-likeness (QED) is 0.183. The monoisotopic (exact) mass is 650 g/mol. The molecule has 0 atom stereocenters. The smallest absolute Gasteiger partial charge is 0.0774 e. The fourth-order valence-electron chi connectivity index (χ4n) is 8.62. The third-order valence-corrected chi connectivity index (χ3v) is 10.6. The lowest BCUT2D eigenvalue weighted by Crippen LogP contribution is -2.37. The Bertz CT molecular complexity index is 2470. The first-order chi connectivity index (χ1) is 25.3.